The van der Waals surface area contributed by atoms with Gasteiger partial charge in [-0.25, -0.2) is 0 Å². The average molecular weight is 244 g/mol. The van der Waals surface area contributed by atoms with Gasteiger partial charge in [-0.1, -0.05) is 24.3 Å². The minimum atomic E-state index is 0.0438. The zero-order valence-electron chi connectivity index (χ0n) is 11.2. The topological polar surface area (TPSA) is 41.1 Å². The van der Waals surface area contributed by atoms with E-state index in [0.717, 1.165) is 18.7 Å². The zero-order chi connectivity index (χ0) is 13.1. The second-order valence-electron chi connectivity index (χ2n) is 4.88. The molecule has 0 bridgehead atoms. The van der Waals surface area contributed by atoms with E-state index in [1.54, 1.807) is 0 Å². The molecule has 2 N–H and O–H groups in total. The summed E-state index contributed by atoms with van der Waals surface area (Å²) in [5.74, 6) is 0.0438. The van der Waals surface area contributed by atoms with Crippen molar-refractivity contribution in [2.24, 2.45) is 0 Å². The first-order valence-corrected chi connectivity index (χ1v) is 6.35. The van der Waals surface area contributed by atoms with Crippen molar-refractivity contribution in [1.82, 2.24) is 10.6 Å². The molecule has 1 heterocycles. The Morgan fingerprint density at radius 1 is 1.33 bits per heavy atom. The van der Waals surface area contributed by atoms with Crippen LogP contribution in [0.1, 0.15) is 31.0 Å². The number of benzene rings is 1. The molecule has 3 heteroatoms. The van der Waals surface area contributed by atoms with E-state index < -0.39 is 0 Å². The average Bonchev–Trinajstić information content (AvgIpc) is 2.26. The van der Waals surface area contributed by atoms with Crippen LogP contribution in [0.15, 0.2) is 35.4 Å². The Hall–Kier alpha value is -1.61. The standard InChI is InChI=1S/C15H20N2O/c1-10-6-4-5-7-14(10)12(3)17-15(18)11(2)13-8-16-9-13/h4-7,12,16H,8-9H2,1-3H3,(H,17,18). The van der Waals surface area contributed by atoms with Gasteiger partial charge >= 0.3 is 0 Å². The predicted molar refractivity (Wildman–Crippen MR) is 73.3 cm³/mol. The summed E-state index contributed by atoms with van der Waals surface area (Å²) in [5, 5.41) is 6.21. The molecule has 2 rings (SSSR count). The molecule has 1 aromatic carbocycles. The van der Waals surface area contributed by atoms with E-state index in [2.05, 4.69) is 29.7 Å². The Kier molecular flexibility index (Phi) is 3.82. The van der Waals surface area contributed by atoms with Crippen molar-refractivity contribution in [2.75, 3.05) is 13.1 Å². The molecule has 1 atom stereocenters. The van der Waals surface area contributed by atoms with Gasteiger partial charge in [-0.2, -0.15) is 0 Å². The number of aryl methyl sites for hydroxylation is 1. The van der Waals surface area contributed by atoms with Crippen molar-refractivity contribution in [3.05, 3.63) is 46.5 Å². The lowest BCUT2D eigenvalue weighted by molar-refractivity contribution is -0.118. The molecule has 18 heavy (non-hydrogen) atoms. The molecular weight excluding hydrogens is 224 g/mol. The van der Waals surface area contributed by atoms with Crippen LogP contribution >= 0.6 is 0 Å². The third-order valence-corrected chi connectivity index (χ3v) is 3.55. The fraction of sp³-hybridized carbons (Fsp3) is 0.400. The van der Waals surface area contributed by atoms with Crippen LogP contribution in [0.25, 0.3) is 0 Å². The number of carbonyl (C=O) groups is 1. The molecule has 1 amide bonds. The molecule has 0 aliphatic carbocycles. The van der Waals surface area contributed by atoms with Crippen molar-refractivity contribution in [3.63, 3.8) is 0 Å². The molecular formula is C15H20N2O. The van der Waals surface area contributed by atoms with Crippen LogP contribution in [0.4, 0.5) is 0 Å². The van der Waals surface area contributed by atoms with Gasteiger partial charge in [-0.05, 0) is 37.5 Å². The lowest BCUT2D eigenvalue weighted by Crippen LogP contribution is -2.38. The van der Waals surface area contributed by atoms with Crippen molar-refractivity contribution < 1.29 is 4.79 Å². The summed E-state index contributed by atoms with van der Waals surface area (Å²) in [6.07, 6.45) is 0. The van der Waals surface area contributed by atoms with E-state index in [0.29, 0.717) is 0 Å². The Bertz CT molecular complexity index is 485. The first kappa shape index (κ1) is 12.8. The highest BCUT2D eigenvalue weighted by atomic mass is 16.1. The number of rotatable bonds is 3. The predicted octanol–water partition coefficient (Wildman–Crippen LogP) is 2.09. The van der Waals surface area contributed by atoms with E-state index in [-0.39, 0.29) is 11.9 Å². The first-order valence-electron chi connectivity index (χ1n) is 6.35. The van der Waals surface area contributed by atoms with Crippen molar-refractivity contribution in [3.8, 4) is 0 Å². The molecule has 0 saturated carbocycles. The fourth-order valence-electron chi connectivity index (χ4n) is 2.13. The zero-order valence-corrected chi connectivity index (χ0v) is 11.2. The van der Waals surface area contributed by atoms with Gasteiger partial charge in [0, 0.05) is 18.7 Å². The van der Waals surface area contributed by atoms with Gasteiger partial charge < -0.3 is 10.6 Å². The summed E-state index contributed by atoms with van der Waals surface area (Å²) in [6.45, 7) is 7.68. The molecule has 1 aromatic rings. The summed E-state index contributed by atoms with van der Waals surface area (Å²) in [7, 11) is 0. The highest BCUT2D eigenvalue weighted by molar-refractivity contribution is 5.94. The number of amides is 1. The van der Waals surface area contributed by atoms with Gasteiger partial charge in [-0.15, -0.1) is 0 Å². The molecule has 1 aliphatic heterocycles. The number of carbonyl (C=O) groups excluding carboxylic acids is 1. The molecule has 0 spiro atoms. The molecule has 96 valence electrons. The Balaban J connectivity index is 2.06. The van der Waals surface area contributed by atoms with Crippen LogP contribution < -0.4 is 10.6 Å². The first-order chi connectivity index (χ1) is 8.59. The molecule has 0 radical (unpaired) electrons. The van der Waals surface area contributed by atoms with E-state index in [1.807, 2.05) is 26.0 Å². The Morgan fingerprint density at radius 2 is 2.00 bits per heavy atom. The Morgan fingerprint density at radius 3 is 2.56 bits per heavy atom. The summed E-state index contributed by atoms with van der Waals surface area (Å²) < 4.78 is 0. The second-order valence-corrected chi connectivity index (χ2v) is 4.88. The smallest absolute Gasteiger partial charge is 0.247 e. The van der Waals surface area contributed by atoms with E-state index >= 15 is 0 Å². The Labute approximate surface area is 108 Å². The highest BCUT2D eigenvalue weighted by Gasteiger charge is 2.18. The van der Waals surface area contributed by atoms with E-state index in [9.17, 15) is 4.79 Å². The van der Waals surface area contributed by atoms with Gasteiger partial charge in [0.15, 0.2) is 0 Å². The molecule has 1 saturated heterocycles. The van der Waals surface area contributed by atoms with Crippen LogP contribution in [0.2, 0.25) is 0 Å². The van der Waals surface area contributed by atoms with Gasteiger partial charge in [0.25, 0.3) is 0 Å². The maximum absolute atomic E-state index is 12.1. The van der Waals surface area contributed by atoms with Crippen molar-refractivity contribution in [2.45, 2.75) is 26.8 Å². The van der Waals surface area contributed by atoms with Crippen LogP contribution in [0.3, 0.4) is 0 Å². The van der Waals surface area contributed by atoms with Crippen LogP contribution in [0.5, 0.6) is 0 Å². The normalized spacial score (nSPS) is 15.8. The van der Waals surface area contributed by atoms with Gasteiger partial charge in [0.1, 0.15) is 0 Å². The molecule has 0 aromatic heterocycles. The maximum atomic E-state index is 12.1. The molecule has 1 aliphatic rings. The number of hydrogen-bond acceptors (Lipinski definition) is 2. The number of nitrogens with one attached hydrogen (secondary N) is 2. The highest BCUT2D eigenvalue weighted by Crippen LogP contribution is 2.18. The monoisotopic (exact) mass is 244 g/mol. The summed E-state index contributed by atoms with van der Waals surface area (Å²) >= 11 is 0. The van der Waals surface area contributed by atoms with Crippen LogP contribution in [-0.2, 0) is 4.79 Å². The fourth-order valence-corrected chi connectivity index (χ4v) is 2.13. The minimum Gasteiger partial charge on any atom is -0.346 e. The summed E-state index contributed by atoms with van der Waals surface area (Å²) in [5.41, 5.74) is 4.45. The molecule has 3 nitrogen and oxygen atoms in total. The lowest BCUT2D eigenvalue weighted by atomic mass is 10.0. The van der Waals surface area contributed by atoms with Gasteiger partial charge in [-0.3, -0.25) is 4.79 Å². The second kappa shape index (κ2) is 5.36. The lowest BCUT2D eigenvalue weighted by Gasteiger charge is -2.23. The van der Waals surface area contributed by atoms with Gasteiger partial charge in [0.2, 0.25) is 5.91 Å². The van der Waals surface area contributed by atoms with Crippen LogP contribution in [-0.4, -0.2) is 19.0 Å². The summed E-state index contributed by atoms with van der Waals surface area (Å²) in [6, 6.07) is 8.20. The number of hydrogen-bond donors (Lipinski definition) is 2. The van der Waals surface area contributed by atoms with E-state index in [1.165, 1.54) is 16.7 Å². The van der Waals surface area contributed by atoms with Gasteiger partial charge in [0.05, 0.1) is 6.04 Å². The van der Waals surface area contributed by atoms with Crippen LogP contribution in [0, 0.1) is 6.92 Å². The third-order valence-electron chi connectivity index (χ3n) is 3.55. The largest absolute Gasteiger partial charge is 0.346 e. The third kappa shape index (κ3) is 2.62. The minimum absolute atomic E-state index is 0.0438. The SMILES string of the molecule is CC(C(=O)NC(C)c1ccccc1C)=C1CNC1. The van der Waals surface area contributed by atoms with E-state index in [4.69, 9.17) is 0 Å². The quantitative estimate of drug-likeness (QED) is 0.799. The maximum Gasteiger partial charge on any atom is 0.247 e. The molecule has 1 unspecified atom stereocenters. The van der Waals surface area contributed by atoms with Crippen molar-refractivity contribution in [1.29, 1.82) is 0 Å². The summed E-state index contributed by atoms with van der Waals surface area (Å²) in [4.78, 5) is 12.1. The molecule has 1 fully saturated rings. The van der Waals surface area contributed by atoms with Crippen molar-refractivity contribution >= 4 is 5.91 Å².